The standard InChI is InChI=1S/C16H18N4O/c1-10-2-4-11(5-3-10)13-8-14-16(21)17-9-15(20(14)19-13)18-12-6-7-12/h2-5,8,12,15,18H,6-7,9H2,1H3,(H,17,21). The van der Waals surface area contributed by atoms with Gasteiger partial charge in [-0.15, -0.1) is 0 Å². The van der Waals surface area contributed by atoms with Crippen molar-refractivity contribution in [3.05, 3.63) is 41.6 Å². The fraction of sp³-hybridized carbons (Fsp3) is 0.375. The van der Waals surface area contributed by atoms with E-state index in [1.807, 2.05) is 22.9 Å². The summed E-state index contributed by atoms with van der Waals surface area (Å²) in [6.07, 6.45) is 2.49. The van der Waals surface area contributed by atoms with Gasteiger partial charge in [-0.3, -0.25) is 10.1 Å². The van der Waals surface area contributed by atoms with E-state index in [1.165, 1.54) is 18.4 Å². The summed E-state index contributed by atoms with van der Waals surface area (Å²) in [6.45, 7) is 2.66. The second kappa shape index (κ2) is 4.70. The Morgan fingerprint density at radius 1 is 1.29 bits per heavy atom. The predicted molar refractivity (Wildman–Crippen MR) is 79.9 cm³/mol. The minimum Gasteiger partial charge on any atom is -0.347 e. The lowest BCUT2D eigenvalue weighted by molar-refractivity contribution is 0.0900. The summed E-state index contributed by atoms with van der Waals surface area (Å²) < 4.78 is 1.84. The van der Waals surface area contributed by atoms with Gasteiger partial charge < -0.3 is 5.32 Å². The average Bonchev–Trinajstić information content (AvgIpc) is 3.18. The molecule has 1 fully saturated rings. The first-order valence-electron chi connectivity index (χ1n) is 7.41. The predicted octanol–water partition coefficient (Wildman–Crippen LogP) is 1.85. The molecule has 21 heavy (non-hydrogen) atoms. The molecule has 2 heterocycles. The number of amides is 1. The van der Waals surface area contributed by atoms with Gasteiger partial charge in [-0.1, -0.05) is 29.8 Å². The number of hydrogen-bond acceptors (Lipinski definition) is 3. The van der Waals surface area contributed by atoms with Gasteiger partial charge >= 0.3 is 0 Å². The Kier molecular flexibility index (Phi) is 2.82. The van der Waals surface area contributed by atoms with Gasteiger partial charge in [0.1, 0.15) is 11.9 Å². The van der Waals surface area contributed by atoms with Crippen molar-refractivity contribution in [2.45, 2.75) is 32.0 Å². The van der Waals surface area contributed by atoms with Crippen LogP contribution in [-0.4, -0.2) is 28.3 Å². The highest BCUT2D eigenvalue weighted by atomic mass is 16.2. The maximum atomic E-state index is 12.0. The van der Waals surface area contributed by atoms with Crippen LogP contribution in [0.4, 0.5) is 0 Å². The first kappa shape index (κ1) is 12.6. The van der Waals surface area contributed by atoms with Gasteiger partial charge in [-0.25, -0.2) is 4.68 Å². The Balaban J connectivity index is 1.71. The number of benzene rings is 1. The van der Waals surface area contributed by atoms with Crippen LogP contribution in [0.15, 0.2) is 30.3 Å². The maximum Gasteiger partial charge on any atom is 0.269 e. The molecule has 0 bridgehead atoms. The summed E-state index contributed by atoms with van der Waals surface area (Å²) in [5, 5.41) is 11.1. The van der Waals surface area contributed by atoms with Crippen molar-refractivity contribution in [2.24, 2.45) is 0 Å². The van der Waals surface area contributed by atoms with Gasteiger partial charge in [0.05, 0.1) is 12.2 Å². The SMILES string of the molecule is Cc1ccc(-c2cc3n(n2)C(NC2CC2)CNC3=O)cc1. The monoisotopic (exact) mass is 282 g/mol. The van der Waals surface area contributed by atoms with E-state index in [2.05, 4.69) is 34.8 Å². The first-order chi connectivity index (χ1) is 10.2. The zero-order valence-electron chi connectivity index (χ0n) is 12.0. The molecule has 1 amide bonds. The van der Waals surface area contributed by atoms with E-state index in [-0.39, 0.29) is 12.1 Å². The molecule has 2 aliphatic rings. The van der Waals surface area contributed by atoms with Crippen LogP contribution in [0.5, 0.6) is 0 Å². The Hall–Kier alpha value is -2.14. The molecule has 1 aromatic heterocycles. The maximum absolute atomic E-state index is 12.0. The van der Waals surface area contributed by atoms with Gasteiger partial charge in [0, 0.05) is 11.6 Å². The number of aromatic nitrogens is 2. The van der Waals surface area contributed by atoms with Crippen molar-refractivity contribution >= 4 is 5.91 Å². The van der Waals surface area contributed by atoms with Crippen molar-refractivity contribution in [1.82, 2.24) is 20.4 Å². The minimum absolute atomic E-state index is 0.0466. The molecule has 1 aliphatic carbocycles. The third-order valence-corrected chi connectivity index (χ3v) is 4.07. The summed E-state index contributed by atoms with van der Waals surface area (Å²) >= 11 is 0. The molecule has 5 heteroatoms. The molecule has 1 atom stereocenters. The molecule has 1 unspecified atom stereocenters. The quantitative estimate of drug-likeness (QED) is 0.903. The molecule has 0 saturated heterocycles. The van der Waals surface area contributed by atoms with Crippen LogP contribution < -0.4 is 10.6 Å². The molecular formula is C16H18N4O. The number of carbonyl (C=O) groups excluding carboxylic acids is 1. The topological polar surface area (TPSA) is 59.0 Å². The number of nitrogens with zero attached hydrogens (tertiary/aromatic N) is 2. The lowest BCUT2D eigenvalue weighted by atomic mass is 10.1. The largest absolute Gasteiger partial charge is 0.347 e. The van der Waals surface area contributed by atoms with Crippen LogP contribution in [-0.2, 0) is 0 Å². The van der Waals surface area contributed by atoms with Crippen molar-refractivity contribution in [3.8, 4) is 11.3 Å². The number of hydrogen-bond donors (Lipinski definition) is 2. The van der Waals surface area contributed by atoms with Crippen molar-refractivity contribution < 1.29 is 4.79 Å². The summed E-state index contributed by atoms with van der Waals surface area (Å²) in [5.41, 5.74) is 3.74. The fourth-order valence-electron chi connectivity index (χ4n) is 2.69. The molecule has 108 valence electrons. The number of carbonyl (C=O) groups is 1. The summed E-state index contributed by atoms with van der Waals surface area (Å²) in [7, 11) is 0. The summed E-state index contributed by atoms with van der Waals surface area (Å²) in [4.78, 5) is 12.0. The lowest BCUT2D eigenvalue weighted by Crippen LogP contribution is -2.45. The van der Waals surface area contributed by atoms with Crippen LogP contribution in [0, 0.1) is 6.92 Å². The van der Waals surface area contributed by atoms with E-state index < -0.39 is 0 Å². The highest BCUT2D eigenvalue weighted by molar-refractivity contribution is 5.94. The number of rotatable bonds is 3. The Labute approximate surface area is 123 Å². The van der Waals surface area contributed by atoms with Gasteiger partial charge in [-0.05, 0) is 25.8 Å². The molecule has 1 aromatic carbocycles. The molecular weight excluding hydrogens is 264 g/mol. The van der Waals surface area contributed by atoms with Crippen LogP contribution in [0.3, 0.4) is 0 Å². The molecule has 2 N–H and O–H groups in total. The highest BCUT2D eigenvalue weighted by Gasteiger charge is 2.31. The minimum atomic E-state index is -0.0466. The van der Waals surface area contributed by atoms with E-state index in [0.717, 1.165) is 11.3 Å². The van der Waals surface area contributed by atoms with Crippen molar-refractivity contribution in [3.63, 3.8) is 0 Å². The molecule has 0 radical (unpaired) electrons. The van der Waals surface area contributed by atoms with Gasteiger partial charge in [0.15, 0.2) is 0 Å². The third-order valence-electron chi connectivity index (χ3n) is 4.07. The molecule has 1 saturated carbocycles. The van der Waals surface area contributed by atoms with E-state index in [4.69, 9.17) is 0 Å². The number of nitrogens with one attached hydrogen (secondary N) is 2. The summed E-state index contributed by atoms with van der Waals surface area (Å²) in [6, 6.07) is 10.7. The molecule has 0 spiro atoms. The van der Waals surface area contributed by atoms with E-state index in [9.17, 15) is 4.79 Å². The van der Waals surface area contributed by atoms with Crippen molar-refractivity contribution in [2.75, 3.05) is 6.54 Å². The third kappa shape index (κ3) is 2.34. The van der Waals surface area contributed by atoms with E-state index in [0.29, 0.717) is 18.3 Å². The lowest BCUT2D eigenvalue weighted by Gasteiger charge is -2.25. The Bertz CT molecular complexity index is 685. The molecule has 1 aliphatic heterocycles. The first-order valence-corrected chi connectivity index (χ1v) is 7.41. The van der Waals surface area contributed by atoms with Crippen LogP contribution >= 0.6 is 0 Å². The smallest absolute Gasteiger partial charge is 0.269 e. The van der Waals surface area contributed by atoms with Gasteiger partial charge in [0.2, 0.25) is 0 Å². The zero-order chi connectivity index (χ0) is 14.4. The normalized spacial score (nSPS) is 21.0. The second-order valence-corrected chi connectivity index (χ2v) is 5.89. The molecule has 5 nitrogen and oxygen atoms in total. The number of fused-ring (bicyclic) bond motifs is 1. The average molecular weight is 282 g/mol. The molecule has 4 rings (SSSR count). The zero-order valence-corrected chi connectivity index (χ0v) is 12.0. The van der Waals surface area contributed by atoms with Gasteiger partial charge in [0.25, 0.3) is 5.91 Å². The van der Waals surface area contributed by atoms with E-state index >= 15 is 0 Å². The van der Waals surface area contributed by atoms with Crippen LogP contribution in [0.25, 0.3) is 11.3 Å². The Morgan fingerprint density at radius 3 is 2.76 bits per heavy atom. The highest BCUT2D eigenvalue weighted by Crippen LogP contribution is 2.26. The summed E-state index contributed by atoms with van der Waals surface area (Å²) in [5.74, 6) is -0.0466. The fourth-order valence-corrected chi connectivity index (χ4v) is 2.69. The Morgan fingerprint density at radius 2 is 2.05 bits per heavy atom. The van der Waals surface area contributed by atoms with Crippen LogP contribution in [0.1, 0.15) is 35.1 Å². The molecule has 2 aromatic rings. The number of aryl methyl sites for hydroxylation is 1. The van der Waals surface area contributed by atoms with Gasteiger partial charge in [-0.2, -0.15) is 5.10 Å². The van der Waals surface area contributed by atoms with E-state index in [1.54, 1.807) is 0 Å². The van der Waals surface area contributed by atoms with Crippen molar-refractivity contribution in [1.29, 1.82) is 0 Å². The second-order valence-electron chi connectivity index (χ2n) is 5.89. The van der Waals surface area contributed by atoms with Crippen LogP contribution in [0.2, 0.25) is 0 Å².